The van der Waals surface area contributed by atoms with Crippen LogP contribution in [0.4, 0.5) is 4.79 Å². The normalized spacial score (nSPS) is 16.1. The lowest BCUT2D eigenvalue weighted by atomic mass is 9.92. The van der Waals surface area contributed by atoms with Crippen LogP contribution >= 0.6 is 0 Å². The van der Waals surface area contributed by atoms with Gasteiger partial charge in [-0.05, 0) is 70.6 Å². The van der Waals surface area contributed by atoms with Crippen molar-refractivity contribution in [1.82, 2.24) is 4.90 Å². The maximum atomic E-state index is 12.2. The quantitative estimate of drug-likeness (QED) is 0.567. The fraction of sp³-hybridized carbons (Fsp3) is 0.375. The number of rotatable bonds is 5. The Labute approximate surface area is 176 Å². The highest BCUT2D eigenvalue weighted by molar-refractivity contribution is 6.10. The molecule has 1 aliphatic rings. The number of methoxy groups -OCH3 is 4. The van der Waals surface area contributed by atoms with E-state index >= 15 is 0 Å². The van der Waals surface area contributed by atoms with E-state index in [1.165, 1.54) is 12.7 Å². The van der Waals surface area contributed by atoms with Gasteiger partial charge in [0.05, 0.1) is 28.4 Å². The second-order valence-corrected chi connectivity index (χ2v) is 7.54. The molecular formula is C24H27NO5. The van der Waals surface area contributed by atoms with Crippen molar-refractivity contribution in [2.75, 3.05) is 35.0 Å². The molecule has 0 aromatic heterocycles. The summed E-state index contributed by atoms with van der Waals surface area (Å²) < 4.78 is 21.6. The molecule has 1 unspecified atom stereocenters. The average Bonchev–Trinajstić information content (AvgIpc) is 3.25. The molecule has 1 amide bonds. The third kappa shape index (κ3) is 3.47. The maximum Gasteiger partial charge on any atom is 0.409 e. The molecule has 30 heavy (non-hydrogen) atoms. The summed E-state index contributed by atoms with van der Waals surface area (Å²) in [4.78, 5) is 14.0. The molecule has 6 heteroatoms. The molecule has 0 aliphatic carbocycles. The topological polar surface area (TPSA) is 57.2 Å². The summed E-state index contributed by atoms with van der Waals surface area (Å²) in [5.74, 6) is 2.17. The Morgan fingerprint density at radius 2 is 1.67 bits per heavy atom. The summed E-state index contributed by atoms with van der Waals surface area (Å²) in [6.45, 7) is 0.733. The molecular weight excluding hydrogens is 382 g/mol. The number of hydrogen-bond donors (Lipinski definition) is 0. The van der Waals surface area contributed by atoms with Gasteiger partial charge in [-0.25, -0.2) is 4.79 Å². The number of likely N-dealkylation sites (tertiary alicyclic amines) is 1. The number of carbonyl (C=O) groups is 1. The summed E-state index contributed by atoms with van der Waals surface area (Å²) in [7, 11) is 6.39. The van der Waals surface area contributed by atoms with E-state index in [4.69, 9.17) is 18.9 Å². The summed E-state index contributed by atoms with van der Waals surface area (Å²) in [5.41, 5.74) is 1.17. The van der Waals surface area contributed by atoms with Crippen LogP contribution < -0.4 is 14.2 Å². The van der Waals surface area contributed by atoms with Gasteiger partial charge >= 0.3 is 6.09 Å². The van der Waals surface area contributed by atoms with Crippen LogP contribution in [-0.4, -0.2) is 52.0 Å². The van der Waals surface area contributed by atoms with Crippen LogP contribution in [0.2, 0.25) is 0 Å². The van der Waals surface area contributed by atoms with Crippen LogP contribution in [0.5, 0.6) is 17.2 Å². The van der Waals surface area contributed by atoms with Crippen molar-refractivity contribution in [2.24, 2.45) is 0 Å². The Balaban J connectivity index is 1.90. The van der Waals surface area contributed by atoms with Crippen molar-refractivity contribution in [1.29, 1.82) is 0 Å². The van der Waals surface area contributed by atoms with Gasteiger partial charge in [0.25, 0.3) is 0 Å². The van der Waals surface area contributed by atoms with E-state index in [0.29, 0.717) is 11.5 Å². The summed E-state index contributed by atoms with van der Waals surface area (Å²) >= 11 is 0. The molecule has 0 saturated carbocycles. The third-order valence-electron chi connectivity index (χ3n) is 5.99. The number of amides is 1. The van der Waals surface area contributed by atoms with Gasteiger partial charge in [0.1, 0.15) is 5.75 Å². The van der Waals surface area contributed by atoms with Gasteiger partial charge in [0.2, 0.25) is 0 Å². The van der Waals surface area contributed by atoms with Crippen LogP contribution in [0.15, 0.2) is 36.4 Å². The van der Waals surface area contributed by atoms with Gasteiger partial charge in [-0.2, -0.15) is 0 Å². The largest absolute Gasteiger partial charge is 0.497 e. The molecule has 158 valence electrons. The van der Waals surface area contributed by atoms with Crippen LogP contribution in [0, 0.1) is 0 Å². The SMILES string of the molecule is COC(=O)N1CCCC1Cc1cc2ccc(OC)cc2c2cc(OC)c(OC)cc12. The monoisotopic (exact) mass is 409 g/mol. The van der Waals surface area contributed by atoms with E-state index in [1.807, 2.05) is 29.2 Å². The zero-order valence-electron chi connectivity index (χ0n) is 17.9. The minimum atomic E-state index is -0.258. The Kier molecular flexibility index (Phi) is 5.57. The highest BCUT2D eigenvalue weighted by Gasteiger charge is 2.30. The first-order valence-corrected chi connectivity index (χ1v) is 10.1. The molecule has 1 saturated heterocycles. The summed E-state index contributed by atoms with van der Waals surface area (Å²) in [5, 5.41) is 4.37. The van der Waals surface area contributed by atoms with Crippen molar-refractivity contribution in [2.45, 2.75) is 25.3 Å². The van der Waals surface area contributed by atoms with Crippen molar-refractivity contribution < 1.29 is 23.7 Å². The van der Waals surface area contributed by atoms with Crippen molar-refractivity contribution in [3.63, 3.8) is 0 Å². The van der Waals surface area contributed by atoms with Crippen LogP contribution in [0.25, 0.3) is 21.5 Å². The standard InChI is InChI=1S/C24H27NO5/c1-27-18-8-7-15-10-16(11-17-6-5-9-25(17)24(26)30-4)20-13-22(28-2)23(29-3)14-21(20)19(15)12-18/h7-8,10,12-14,17H,5-6,9,11H2,1-4H3. The Morgan fingerprint density at radius 3 is 2.33 bits per heavy atom. The molecule has 4 rings (SSSR count). The third-order valence-corrected chi connectivity index (χ3v) is 5.99. The lowest BCUT2D eigenvalue weighted by Gasteiger charge is -2.24. The number of hydrogen-bond acceptors (Lipinski definition) is 5. The number of fused-ring (bicyclic) bond motifs is 3. The lowest BCUT2D eigenvalue weighted by Crippen LogP contribution is -2.36. The van der Waals surface area contributed by atoms with E-state index in [2.05, 4.69) is 12.1 Å². The average molecular weight is 409 g/mol. The summed E-state index contributed by atoms with van der Waals surface area (Å²) in [6.07, 6.45) is 2.44. The zero-order chi connectivity index (χ0) is 21.3. The molecule has 1 heterocycles. The zero-order valence-corrected chi connectivity index (χ0v) is 17.9. The highest BCUT2D eigenvalue weighted by atomic mass is 16.5. The Bertz CT molecular complexity index is 1090. The molecule has 3 aromatic rings. The van der Waals surface area contributed by atoms with Gasteiger partial charge in [0, 0.05) is 12.6 Å². The van der Waals surface area contributed by atoms with Gasteiger partial charge in [-0.1, -0.05) is 12.1 Å². The molecule has 1 atom stereocenters. The maximum absolute atomic E-state index is 12.2. The van der Waals surface area contributed by atoms with Gasteiger partial charge < -0.3 is 23.8 Å². The first-order chi connectivity index (χ1) is 14.6. The highest BCUT2D eigenvalue weighted by Crippen LogP contribution is 2.39. The van der Waals surface area contributed by atoms with E-state index < -0.39 is 0 Å². The van der Waals surface area contributed by atoms with E-state index in [1.54, 1.807) is 21.3 Å². The van der Waals surface area contributed by atoms with E-state index in [-0.39, 0.29) is 12.1 Å². The van der Waals surface area contributed by atoms with Crippen LogP contribution in [0.3, 0.4) is 0 Å². The minimum absolute atomic E-state index is 0.115. The van der Waals surface area contributed by atoms with Crippen LogP contribution in [0.1, 0.15) is 18.4 Å². The Hall–Kier alpha value is -3.15. The molecule has 3 aromatic carbocycles. The molecule has 6 nitrogen and oxygen atoms in total. The molecule has 1 fully saturated rings. The second kappa shape index (κ2) is 8.30. The first-order valence-electron chi connectivity index (χ1n) is 10.1. The number of nitrogens with zero attached hydrogens (tertiary/aromatic N) is 1. The lowest BCUT2D eigenvalue weighted by molar-refractivity contribution is 0.119. The molecule has 0 N–H and O–H groups in total. The van der Waals surface area contributed by atoms with Crippen molar-refractivity contribution in [3.05, 3.63) is 42.0 Å². The van der Waals surface area contributed by atoms with Crippen molar-refractivity contribution in [3.8, 4) is 17.2 Å². The van der Waals surface area contributed by atoms with E-state index in [9.17, 15) is 4.79 Å². The molecule has 0 spiro atoms. The molecule has 1 aliphatic heterocycles. The fourth-order valence-corrected chi connectivity index (χ4v) is 4.48. The number of ether oxygens (including phenoxy) is 4. The second-order valence-electron chi connectivity index (χ2n) is 7.54. The van der Waals surface area contributed by atoms with Gasteiger partial charge in [-0.3, -0.25) is 0 Å². The van der Waals surface area contributed by atoms with Gasteiger partial charge in [-0.15, -0.1) is 0 Å². The summed E-state index contributed by atoms with van der Waals surface area (Å²) in [6, 6.07) is 12.5. The molecule has 0 radical (unpaired) electrons. The minimum Gasteiger partial charge on any atom is -0.497 e. The number of carbonyl (C=O) groups excluding carboxylic acids is 1. The predicted octanol–water partition coefficient (Wildman–Crippen LogP) is 4.79. The number of benzene rings is 3. The van der Waals surface area contributed by atoms with E-state index in [0.717, 1.165) is 53.1 Å². The van der Waals surface area contributed by atoms with Crippen LogP contribution in [-0.2, 0) is 11.2 Å². The van der Waals surface area contributed by atoms with Gasteiger partial charge in [0.15, 0.2) is 11.5 Å². The Morgan fingerprint density at radius 1 is 0.933 bits per heavy atom. The predicted molar refractivity (Wildman–Crippen MR) is 117 cm³/mol. The van der Waals surface area contributed by atoms with Crippen molar-refractivity contribution >= 4 is 27.6 Å². The smallest absolute Gasteiger partial charge is 0.409 e. The fourth-order valence-electron chi connectivity index (χ4n) is 4.48. The first kappa shape index (κ1) is 20.1. The molecule has 0 bridgehead atoms.